The van der Waals surface area contributed by atoms with Gasteiger partial charge in [0.15, 0.2) is 17.3 Å². The van der Waals surface area contributed by atoms with Gasteiger partial charge in [0.25, 0.3) is 5.56 Å². The van der Waals surface area contributed by atoms with Crippen molar-refractivity contribution in [3.05, 3.63) is 81.1 Å². The van der Waals surface area contributed by atoms with E-state index >= 15 is 0 Å². The molecule has 176 valence electrons. The first kappa shape index (κ1) is 22.7. The lowest BCUT2D eigenvalue weighted by atomic mass is 10.2. The monoisotopic (exact) mass is 533 g/mol. The number of hydrogen-bond acceptors (Lipinski definition) is 7. The van der Waals surface area contributed by atoms with E-state index in [0.29, 0.717) is 50.4 Å². The SMILES string of the molecule is CCOc1cc(C=Nn2c(-c3cc4c(OC)cccc4o3)nc3ccccc3c2=O)cc(Br)c1O. The lowest BCUT2D eigenvalue weighted by Gasteiger charge is -2.09. The number of benzene rings is 3. The summed E-state index contributed by atoms with van der Waals surface area (Å²) in [7, 11) is 1.59. The summed E-state index contributed by atoms with van der Waals surface area (Å²) in [5.41, 5.74) is 1.38. The fourth-order valence-electron chi connectivity index (χ4n) is 3.77. The van der Waals surface area contributed by atoms with Crippen LogP contribution in [0.25, 0.3) is 33.5 Å². The molecule has 0 amide bonds. The normalized spacial score (nSPS) is 11.5. The van der Waals surface area contributed by atoms with Gasteiger partial charge in [-0.05, 0) is 70.9 Å². The molecule has 8 nitrogen and oxygen atoms in total. The van der Waals surface area contributed by atoms with Crippen molar-refractivity contribution in [2.24, 2.45) is 5.10 Å². The van der Waals surface area contributed by atoms with Gasteiger partial charge in [0.1, 0.15) is 11.3 Å². The van der Waals surface area contributed by atoms with Crippen LogP contribution in [0.1, 0.15) is 12.5 Å². The van der Waals surface area contributed by atoms with Crippen LogP contribution in [0, 0.1) is 0 Å². The van der Waals surface area contributed by atoms with Crippen molar-refractivity contribution in [3.63, 3.8) is 0 Å². The first-order valence-corrected chi connectivity index (χ1v) is 11.6. The molecular weight excluding hydrogens is 514 g/mol. The summed E-state index contributed by atoms with van der Waals surface area (Å²) in [5, 5.41) is 15.8. The molecule has 35 heavy (non-hydrogen) atoms. The highest BCUT2D eigenvalue weighted by Gasteiger charge is 2.18. The number of methoxy groups -OCH3 is 1. The Labute approximate surface area is 208 Å². The summed E-state index contributed by atoms with van der Waals surface area (Å²) in [4.78, 5) is 18.1. The molecule has 0 bridgehead atoms. The van der Waals surface area contributed by atoms with Crippen molar-refractivity contribution in [1.29, 1.82) is 0 Å². The van der Waals surface area contributed by atoms with E-state index in [2.05, 4.69) is 26.0 Å². The molecule has 2 heterocycles. The fourth-order valence-corrected chi connectivity index (χ4v) is 4.23. The summed E-state index contributed by atoms with van der Waals surface area (Å²) < 4.78 is 18.6. The Morgan fingerprint density at radius 2 is 1.94 bits per heavy atom. The molecule has 2 aromatic heterocycles. The van der Waals surface area contributed by atoms with E-state index in [-0.39, 0.29) is 17.1 Å². The van der Waals surface area contributed by atoms with Gasteiger partial charge in [0.2, 0.25) is 5.82 Å². The van der Waals surface area contributed by atoms with Crippen LogP contribution in [0.4, 0.5) is 0 Å². The second-order valence-electron chi connectivity index (χ2n) is 7.58. The molecule has 0 radical (unpaired) electrons. The number of phenols is 1. The molecule has 5 rings (SSSR count). The number of hydrogen-bond donors (Lipinski definition) is 1. The van der Waals surface area contributed by atoms with Crippen molar-refractivity contribution >= 4 is 44.0 Å². The number of fused-ring (bicyclic) bond motifs is 2. The van der Waals surface area contributed by atoms with E-state index in [9.17, 15) is 9.90 Å². The third-order valence-electron chi connectivity index (χ3n) is 5.39. The van der Waals surface area contributed by atoms with Gasteiger partial charge in [0.05, 0.1) is 40.7 Å². The first-order chi connectivity index (χ1) is 17.0. The molecule has 0 spiro atoms. The van der Waals surface area contributed by atoms with Gasteiger partial charge in [-0.1, -0.05) is 18.2 Å². The molecule has 0 atom stereocenters. The molecule has 9 heteroatoms. The summed E-state index contributed by atoms with van der Waals surface area (Å²) in [6.07, 6.45) is 1.50. The molecular formula is C26H20BrN3O5. The van der Waals surface area contributed by atoms with Crippen molar-refractivity contribution in [2.45, 2.75) is 6.92 Å². The van der Waals surface area contributed by atoms with E-state index in [1.807, 2.05) is 31.2 Å². The van der Waals surface area contributed by atoms with Crippen LogP contribution < -0.4 is 15.0 Å². The minimum atomic E-state index is -0.350. The molecule has 0 unspecified atom stereocenters. The zero-order chi connectivity index (χ0) is 24.5. The third kappa shape index (κ3) is 4.15. The molecule has 0 aliphatic heterocycles. The second kappa shape index (κ2) is 9.27. The van der Waals surface area contributed by atoms with Crippen molar-refractivity contribution in [3.8, 4) is 28.8 Å². The number of furan rings is 1. The van der Waals surface area contributed by atoms with Gasteiger partial charge in [-0.3, -0.25) is 4.79 Å². The second-order valence-corrected chi connectivity index (χ2v) is 8.43. The highest BCUT2D eigenvalue weighted by molar-refractivity contribution is 9.10. The average Bonchev–Trinajstić information content (AvgIpc) is 3.31. The Kier molecular flexibility index (Phi) is 6.00. The summed E-state index contributed by atoms with van der Waals surface area (Å²) >= 11 is 3.33. The number of aromatic nitrogens is 2. The Bertz CT molecular complexity index is 1660. The molecule has 0 saturated carbocycles. The maximum absolute atomic E-state index is 13.4. The zero-order valence-corrected chi connectivity index (χ0v) is 20.4. The largest absolute Gasteiger partial charge is 0.503 e. The Balaban J connectivity index is 1.71. The van der Waals surface area contributed by atoms with Crippen molar-refractivity contribution in [2.75, 3.05) is 13.7 Å². The molecule has 0 aliphatic carbocycles. The predicted molar refractivity (Wildman–Crippen MR) is 138 cm³/mol. The highest BCUT2D eigenvalue weighted by Crippen LogP contribution is 2.35. The topological polar surface area (TPSA) is 99.1 Å². The Morgan fingerprint density at radius 3 is 2.74 bits per heavy atom. The maximum Gasteiger partial charge on any atom is 0.282 e. The van der Waals surface area contributed by atoms with Crippen LogP contribution in [-0.4, -0.2) is 34.7 Å². The van der Waals surface area contributed by atoms with E-state index in [1.54, 1.807) is 43.5 Å². The van der Waals surface area contributed by atoms with Crippen LogP contribution in [0.2, 0.25) is 0 Å². The van der Waals surface area contributed by atoms with Gasteiger partial charge in [-0.25, -0.2) is 4.98 Å². The first-order valence-electron chi connectivity index (χ1n) is 10.8. The van der Waals surface area contributed by atoms with Crippen LogP contribution >= 0.6 is 15.9 Å². The molecule has 0 fully saturated rings. The molecule has 0 aliphatic rings. The zero-order valence-electron chi connectivity index (χ0n) is 18.9. The number of nitrogens with zero attached hydrogens (tertiary/aromatic N) is 3. The van der Waals surface area contributed by atoms with Crippen LogP contribution in [0.15, 0.2) is 79.4 Å². The highest BCUT2D eigenvalue weighted by atomic mass is 79.9. The Hall–Kier alpha value is -4.11. The fraction of sp³-hybridized carbons (Fsp3) is 0.115. The molecule has 1 N–H and O–H groups in total. The van der Waals surface area contributed by atoms with Gasteiger partial charge in [0, 0.05) is 0 Å². The van der Waals surface area contributed by atoms with Crippen molar-refractivity contribution < 1.29 is 19.0 Å². The van der Waals surface area contributed by atoms with E-state index < -0.39 is 0 Å². The van der Waals surface area contributed by atoms with E-state index in [1.165, 1.54) is 10.9 Å². The summed E-state index contributed by atoms with van der Waals surface area (Å²) in [6.45, 7) is 2.21. The lowest BCUT2D eigenvalue weighted by Crippen LogP contribution is -2.20. The van der Waals surface area contributed by atoms with Crippen LogP contribution in [0.5, 0.6) is 17.2 Å². The number of halogens is 1. The maximum atomic E-state index is 13.4. The van der Waals surface area contributed by atoms with Crippen LogP contribution in [0.3, 0.4) is 0 Å². The molecule has 0 saturated heterocycles. The van der Waals surface area contributed by atoms with E-state index in [0.717, 1.165) is 5.39 Å². The third-order valence-corrected chi connectivity index (χ3v) is 5.99. The minimum absolute atomic E-state index is 0.00884. The van der Waals surface area contributed by atoms with Gasteiger partial charge >= 0.3 is 0 Å². The number of para-hydroxylation sites is 1. The van der Waals surface area contributed by atoms with Crippen molar-refractivity contribution in [1.82, 2.24) is 9.66 Å². The molecule has 5 aromatic rings. The molecule has 3 aromatic carbocycles. The standard InChI is InChI=1S/C26H20BrN3O5/c1-3-34-22-12-15(11-18(27)24(22)31)14-28-30-25(29-19-8-5-4-7-16(19)26(30)32)23-13-17-20(33-2)9-6-10-21(17)35-23/h4-14,31H,3H2,1-2H3. The average molecular weight is 534 g/mol. The number of ether oxygens (including phenoxy) is 2. The Morgan fingerprint density at radius 1 is 1.11 bits per heavy atom. The van der Waals surface area contributed by atoms with Gasteiger partial charge in [-0.2, -0.15) is 9.78 Å². The summed E-state index contributed by atoms with van der Waals surface area (Å²) in [5.74, 6) is 1.55. The van der Waals surface area contributed by atoms with E-state index in [4.69, 9.17) is 13.9 Å². The number of aromatic hydroxyl groups is 1. The number of phenolic OH excluding ortho intramolecular Hbond substituents is 1. The van der Waals surface area contributed by atoms with Crippen LogP contribution in [-0.2, 0) is 0 Å². The van der Waals surface area contributed by atoms with Gasteiger partial charge < -0.3 is 19.0 Å². The lowest BCUT2D eigenvalue weighted by molar-refractivity contribution is 0.317. The van der Waals surface area contributed by atoms with Gasteiger partial charge in [-0.15, -0.1) is 0 Å². The smallest absolute Gasteiger partial charge is 0.282 e. The summed E-state index contributed by atoms with van der Waals surface area (Å²) in [6, 6.07) is 17.6. The quantitative estimate of drug-likeness (QED) is 0.286. The predicted octanol–water partition coefficient (Wildman–Crippen LogP) is 5.57. The number of rotatable bonds is 6. The minimum Gasteiger partial charge on any atom is -0.503 e.